The molecule has 1 aromatic carbocycles. The number of benzene rings is 1. The maximum absolute atomic E-state index is 12.4. The van der Waals surface area contributed by atoms with Gasteiger partial charge in [0.2, 0.25) is 0 Å². The minimum atomic E-state index is -0.489. The second-order valence-electron chi connectivity index (χ2n) is 14.3. The highest BCUT2D eigenvalue weighted by Crippen LogP contribution is 2.38. The minimum Gasteiger partial charge on any atom is -0.444 e. The van der Waals surface area contributed by atoms with Gasteiger partial charge in [-0.3, -0.25) is 4.90 Å². The molecule has 5 rings (SSSR count). The Morgan fingerprint density at radius 2 is 1.45 bits per heavy atom. The molecule has 4 heterocycles. The number of carbonyl (C=O) groups is 2. The predicted molar refractivity (Wildman–Crippen MR) is 161 cm³/mol. The Bertz CT molecular complexity index is 1060. The zero-order chi connectivity index (χ0) is 30.6. The first-order valence-corrected chi connectivity index (χ1v) is 15.4. The number of hydrogen-bond acceptors (Lipinski definition) is 8. The number of amides is 2. The van der Waals surface area contributed by atoms with Crippen LogP contribution in [-0.4, -0.2) is 92.0 Å². The largest absolute Gasteiger partial charge is 0.444 e. The standard InChI is InChI=1S/C20H30N2O3.C12H22N2O3/c1-15(16-8-6-5-7-9-16)22-12-17-13-24-11-10-20(17,14-22)21-18(23)25-19(2,3)4;1-11(2,3)17-10(15)14-12-4-5-16-7-9(12)6-13-8-12/h5-9,15,17H,10-14H2,1-4H3,(H,21,23);9,13H,4-8H2,1-3H3,(H,14,15)/t15-,17+,20-;9-,12+/m10/s1. The molecule has 10 nitrogen and oxygen atoms in total. The second kappa shape index (κ2) is 13.1. The number of ether oxygens (including phenoxy) is 4. The molecule has 4 aliphatic rings. The van der Waals surface area contributed by atoms with Gasteiger partial charge in [-0.15, -0.1) is 0 Å². The van der Waals surface area contributed by atoms with Crippen molar-refractivity contribution in [1.29, 1.82) is 0 Å². The summed E-state index contributed by atoms with van der Waals surface area (Å²) < 4.78 is 22.0. The number of nitrogens with zero attached hydrogens (tertiary/aromatic N) is 1. The highest BCUT2D eigenvalue weighted by Gasteiger charge is 2.51. The SMILES string of the molecule is CC(C)(C)OC(=O)N[C@@]12CCOC[C@@H]1CNC2.C[C@H](c1ccccc1)N1C[C@H]2COCC[C@@]2(NC(=O)OC(C)(C)C)C1. The Balaban J connectivity index is 0.000000208. The van der Waals surface area contributed by atoms with Gasteiger partial charge >= 0.3 is 12.2 Å². The van der Waals surface area contributed by atoms with Crippen molar-refractivity contribution in [3.63, 3.8) is 0 Å². The number of fused-ring (bicyclic) bond motifs is 2. The van der Waals surface area contributed by atoms with Crippen LogP contribution in [0.2, 0.25) is 0 Å². The summed E-state index contributed by atoms with van der Waals surface area (Å²) >= 11 is 0. The van der Waals surface area contributed by atoms with E-state index in [1.54, 1.807) is 0 Å². The van der Waals surface area contributed by atoms with Crippen molar-refractivity contribution in [2.75, 3.05) is 52.6 Å². The van der Waals surface area contributed by atoms with Crippen LogP contribution in [0.1, 0.15) is 72.9 Å². The average molecular weight is 589 g/mol. The lowest BCUT2D eigenvalue weighted by atomic mass is 9.83. The molecule has 4 aliphatic heterocycles. The Kier molecular flexibility index (Phi) is 10.1. The molecule has 3 N–H and O–H groups in total. The van der Waals surface area contributed by atoms with E-state index in [1.807, 2.05) is 47.6 Å². The maximum atomic E-state index is 12.4. The fraction of sp³-hybridized carbons (Fsp3) is 0.750. The molecule has 4 fully saturated rings. The third-order valence-electron chi connectivity index (χ3n) is 8.69. The van der Waals surface area contributed by atoms with Gasteiger partial charge in [0.1, 0.15) is 11.2 Å². The molecule has 4 saturated heterocycles. The number of alkyl carbamates (subject to hydrolysis) is 2. The Labute approximate surface area is 251 Å². The normalized spacial score (nSPS) is 30.2. The summed E-state index contributed by atoms with van der Waals surface area (Å²) in [5.74, 6) is 0.642. The molecule has 2 amide bonds. The molecule has 0 spiro atoms. The zero-order valence-electron chi connectivity index (χ0n) is 26.6. The van der Waals surface area contributed by atoms with Gasteiger partial charge in [-0.2, -0.15) is 0 Å². The van der Waals surface area contributed by atoms with E-state index in [0.717, 1.165) is 39.0 Å². The number of nitrogens with one attached hydrogen (secondary N) is 3. The van der Waals surface area contributed by atoms with Gasteiger partial charge in [-0.25, -0.2) is 9.59 Å². The Hall–Kier alpha value is -2.40. The lowest BCUT2D eigenvalue weighted by Gasteiger charge is -2.39. The van der Waals surface area contributed by atoms with Gasteiger partial charge in [-0.05, 0) is 66.9 Å². The van der Waals surface area contributed by atoms with E-state index in [9.17, 15) is 9.59 Å². The number of carbonyl (C=O) groups excluding carboxylic acids is 2. The second-order valence-corrected chi connectivity index (χ2v) is 14.3. The van der Waals surface area contributed by atoms with E-state index in [-0.39, 0.29) is 23.3 Å². The first-order chi connectivity index (χ1) is 19.7. The summed E-state index contributed by atoms with van der Waals surface area (Å²) in [7, 11) is 0. The molecule has 236 valence electrons. The van der Waals surface area contributed by atoms with Crippen molar-refractivity contribution in [3.8, 4) is 0 Å². The Morgan fingerprint density at radius 1 is 0.905 bits per heavy atom. The summed E-state index contributed by atoms with van der Waals surface area (Å²) in [6.07, 6.45) is 1.03. The molecule has 0 unspecified atom stereocenters. The monoisotopic (exact) mass is 588 g/mol. The van der Waals surface area contributed by atoms with Gasteiger partial charge in [0.05, 0.1) is 24.3 Å². The molecular weight excluding hydrogens is 536 g/mol. The molecule has 0 saturated carbocycles. The van der Waals surface area contributed by atoms with Crippen molar-refractivity contribution in [1.82, 2.24) is 20.9 Å². The fourth-order valence-corrected chi connectivity index (χ4v) is 6.45. The number of hydrogen-bond donors (Lipinski definition) is 3. The molecule has 5 atom stereocenters. The smallest absolute Gasteiger partial charge is 0.408 e. The van der Waals surface area contributed by atoms with Crippen molar-refractivity contribution in [2.45, 2.75) is 89.6 Å². The van der Waals surface area contributed by atoms with Crippen LogP contribution in [0.4, 0.5) is 9.59 Å². The van der Waals surface area contributed by atoms with Gasteiger partial charge in [0.25, 0.3) is 0 Å². The Morgan fingerprint density at radius 3 is 2.05 bits per heavy atom. The molecule has 1 aromatic rings. The van der Waals surface area contributed by atoms with Crippen molar-refractivity contribution in [3.05, 3.63) is 35.9 Å². The van der Waals surface area contributed by atoms with Crippen molar-refractivity contribution < 1.29 is 28.5 Å². The number of likely N-dealkylation sites (tertiary alicyclic amines) is 1. The topological polar surface area (TPSA) is 110 Å². The molecule has 0 radical (unpaired) electrons. The number of rotatable bonds is 4. The van der Waals surface area contributed by atoms with E-state index in [0.29, 0.717) is 44.3 Å². The summed E-state index contributed by atoms with van der Waals surface area (Å²) in [5.41, 5.74) is -0.0799. The van der Waals surface area contributed by atoms with Crippen LogP contribution in [-0.2, 0) is 18.9 Å². The first kappa shape index (κ1) is 32.5. The minimum absolute atomic E-state index is 0.180. The molecular formula is C32H52N4O6. The van der Waals surface area contributed by atoms with Crippen LogP contribution in [0, 0.1) is 11.8 Å². The van der Waals surface area contributed by atoms with Crippen LogP contribution >= 0.6 is 0 Å². The van der Waals surface area contributed by atoms with Crippen molar-refractivity contribution in [2.24, 2.45) is 11.8 Å². The lowest BCUT2D eigenvalue weighted by molar-refractivity contribution is -0.00241. The van der Waals surface area contributed by atoms with Crippen LogP contribution in [0.3, 0.4) is 0 Å². The lowest BCUT2D eigenvalue weighted by Crippen LogP contribution is -2.58. The highest BCUT2D eigenvalue weighted by atomic mass is 16.6. The predicted octanol–water partition coefficient (Wildman–Crippen LogP) is 4.25. The van der Waals surface area contributed by atoms with E-state index in [4.69, 9.17) is 18.9 Å². The van der Waals surface area contributed by atoms with E-state index >= 15 is 0 Å². The van der Waals surface area contributed by atoms with Crippen LogP contribution in [0.15, 0.2) is 30.3 Å². The van der Waals surface area contributed by atoms with Gasteiger partial charge < -0.3 is 34.9 Å². The quantitative estimate of drug-likeness (QED) is 0.479. The van der Waals surface area contributed by atoms with Crippen LogP contribution in [0.5, 0.6) is 0 Å². The zero-order valence-corrected chi connectivity index (χ0v) is 26.6. The summed E-state index contributed by atoms with van der Waals surface area (Å²) in [6, 6.07) is 10.8. The molecule has 10 heteroatoms. The average Bonchev–Trinajstić information content (AvgIpc) is 3.48. The van der Waals surface area contributed by atoms with Crippen LogP contribution in [0.25, 0.3) is 0 Å². The van der Waals surface area contributed by atoms with Gasteiger partial charge in [-0.1, -0.05) is 30.3 Å². The molecule has 0 aromatic heterocycles. The molecule has 0 aliphatic carbocycles. The van der Waals surface area contributed by atoms with E-state index < -0.39 is 11.2 Å². The van der Waals surface area contributed by atoms with E-state index in [2.05, 4.69) is 52.0 Å². The summed E-state index contributed by atoms with van der Waals surface area (Å²) in [4.78, 5) is 26.7. The van der Waals surface area contributed by atoms with Gasteiger partial charge in [0, 0.05) is 57.3 Å². The summed E-state index contributed by atoms with van der Waals surface area (Å²) in [5, 5.41) is 9.57. The third-order valence-corrected chi connectivity index (χ3v) is 8.69. The van der Waals surface area contributed by atoms with Gasteiger partial charge in [0.15, 0.2) is 0 Å². The maximum Gasteiger partial charge on any atom is 0.408 e. The highest BCUT2D eigenvalue weighted by molar-refractivity contribution is 5.69. The summed E-state index contributed by atoms with van der Waals surface area (Å²) in [6.45, 7) is 19.8. The van der Waals surface area contributed by atoms with E-state index in [1.165, 1.54) is 5.56 Å². The van der Waals surface area contributed by atoms with Crippen molar-refractivity contribution >= 4 is 12.2 Å². The third kappa shape index (κ3) is 8.36. The van der Waals surface area contributed by atoms with Crippen LogP contribution < -0.4 is 16.0 Å². The first-order valence-electron chi connectivity index (χ1n) is 15.4. The molecule has 42 heavy (non-hydrogen) atoms. The molecule has 0 bridgehead atoms. The fourth-order valence-electron chi connectivity index (χ4n) is 6.45.